The summed E-state index contributed by atoms with van der Waals surface area (Å²) < 4.78 is 0. The molecule has 0 saturated heterocycles. The van der Waals surface area contributed by atoms with E-state index in [-0.39, 0.29) is 44.9 Å². The molecule has 8 N–H and O–H groups in total. The van der Waals surface area contributed by atoms with Crippen LogP contribution in [-0.4, -0.2) is 65.7 Å². The van der Waals surface area contributed by atoms with Crippen LogP contribution in [0, 0.1) is 12.8 Å². The molecule has 0 aliphatic rings. The fourth-order valence-electron chi connectivity index (χ4n) is 3.03. The largest absolute Gasteiger partial charge is 0.446 e. The number of rotatable bonds is 8. The Hall–Kier alpha value is -4.07. The van der Waals surface area contributed by atoms with Gasteiger partial charge >= 0.3 is 0 Å². The van der Waals surface area contributed by atoms with Gasteiger partial charge < -0.3 is 29.4 Å². The van der Waals surface area contributed by atoms with Gasteiger partial charge in [-0.3, -0.25) is 0 Å². The van der Waals surface area contributed by atoms with Crippen LogP contribution >= 0.6 is 0 Å². The van der Waals surface area contributed by atoms with Crippen molar-refractivity contribution in [1.29, 1.82) is 0 Å². The summed E-state index contributed by atoms with van der Waals surface area (Å²) in [5.41, 5.74) is 2.70. The summed E-state index contributed by atoms with van der Waals surface area (Å²) in [7, 11) is 0. The molecule has 4 rings (SSSR count). The first-order chi connectivity index (χ1) is 19.4. The Bertz CT molecular complexity index is 1080. The van der Waals surface area contributed by atoms with Crippen LogP contribution in [0.4, 0.5) is 0 Å². The van der Waals surface area contributed by atoms with Crippen molar-refractivity contribution >= 4 is 23.1 Å². The van der Waals surface area contributed by atoms with Crippen molar-refractivity contribution in [2.24, 2.45) is 0 Å². The molecule has 0 atom stereocenters. The molecule has 0 amide bonds. The third kappa shape index (κ3) is 15.3. The summed E-state index contributed by atoms with van der Waals surface area (Å²) in [5, 5.41) is 12.4. The Morgan fingerprint density at radius 2 is 0.585 bits per heavy atom. The predicted molar refractivity (Wildman–Crippen MR) is 167 cm³/mol. The van der Waals surface area contributed by atoms with E-state index in [1.54, 1.807) is 62.4 Å². The van der Waals surface area contributed by atoms with Crippen molar-refractivity contribution in [2.45, 2.75) is 13.8 Å². The van der Waals surface area contributed by atoms with Crippen LogP contribution in [0.3, 0.4) is 0 Å². The Morgan fingerprint density at radius 1 is 0.439 bits per heavy atom. The SMILES string of the molecule is CC[OH2+].CC[OH2+].[OH+]=C([CH-]C(=[OH+])c1ccccc1)c1ccccc1.[OH+]=C([CH-]C(=[OH+])c1ccccc1)c1ccccc1.[Ti]. The van der Waals surface area contributed by atoms with Gasteiger partial charge in [-0.1, -0.05) is 72.8 Å². The van der Waals surface area contributed by atoms with Gasteiger partial charge in [0.05, 0.1) is 0 Å². The first-order valence-electron chi connectivity index (χ1n) is 12.8. The van der Waals surface area contributed by atoms with Crippen molar-refractivity contribution in [1.82, 2.24) is 0 Å². The van der Waals surface area contributed by atoms with Crippen molar-refractivity contribution in [3.05, 3.63) is 156 Å². The van der Waals surface area contributed by atoms with E-state index in [0.29, 0.717) is 35.5 Å². The first-order valence-corrected chi connectivity index (χ1v) is 12.8. The van der Waals surface area contributed by atoms with Gasteiger partial charge in [0.25, 0.3) is 23.1 Å². The van der Waals surface area contributed by atoms with E-state index in [4.69, 9.17) is 10.2 Å². The molecule has 0 fully saturated rings. The Kier molecular flexibility index (Phi) is 20.5. The van der Waals surface area contributed by atoms with Crippen LogP contribution in [0.2, 0.25) is 0 Å². The standard InChI is InChI=1S/2C15H11O2.2C2H6O.Ti/c2*16-14(12-7-3-1-4-8-12)11-15(17)13-9-5-2-6-10-13;2*1-2-3;/h2*1-11H;2*3H,2H2,1H3;/q2*-1;;;/p+6. The van der Waals surface area contributed by atoms with E-state index in [1.165, 1.54) is 12.8 Å². The predicted octanol–water partition coefficient (Wildman–Crippen LogP) is 4.21. The maximum atomic E-state index is 9.83. The van der Waals surface area contributed by atoms with Crippen molar-refractivity contribution in [3.63, 3.8) is 0 Å². The van der Waals surface area contributed by atoms with Gasteiger partial charge in [-0.25, -0.2) is 0 Å². The quantitative estimate of drug-likeness (QED) is 0.0954. The third-order valence-electron chi connectivity index (χ3n) is 4.83. The Labute approximate surface area is 257 Å². The minimum Gasteiger partial charge on any atom is -0.446 e. The molecule has 4 aromatic rings. The molecular formula is C34H40O6Ti+4. The fourth-order valence-corrected chi connectivity index (χ4v) is 3.03. The molecule has 6 nitrogen and oxygen atoms in total. The minimum atomic E-state index is 0. The van der Waals surface area contributed by atoms with E-state index in [9.17, 15) is 19.2 Å². The molecule has 0 heterocycles. The molecule has 0 aromatic heterocycles. The number of hydrogen-bond acceptors (Lipinski definition) is 0. The molecule has 0 radical (unpaired) electrons. The first kappa shape index (κ1) is 36.9. The minimum absolute atomic E-state index is 0. The van der Waals surface area contributed by atoms with Gasteiger partial charge in [-0.2, -0.15) is 0 Å². The van der Waals surface area contributed by atoms with E-state index in [0.717, 1.165) is 0 Å². The monoisotopic (exact) mass is 592 g/mol. The zero-order chi connectivity index (χ0) is 29.6. The van der Waals surface area contributed by atoms with Gasteiger partial charge in [-0.15, -0.1) is 48.5 Å². The van der Waals surface area contributed by atoms with Crippen LogP contribution in [0.5, 0.6) is 0 Å². The molecule has 0 spiro atoms. The molecular weight excluding hydrogens is 552 g/mol. The number of hydrogen-bond donors (Lipinski definition) is 0. The maximum Gasteiger partial charge on any atom is 0.255 e. The smallest absolute Gasteiger partial charge is 0.255 e. The molecule has 0 aliphatic carbocycles. The van der Waals surface area contributed by atoms with Crippen LogP contribution in [-0.2, 0) is 21.7 Å². The summed E-state index contributed by atoms with van der Waals surface area (Å²) in [6.45, 7) is 4.58. The number of carbonyl (C=O) groups excluding carboxylic acids is 4. The molecule has 0 bridgehead atoms. The van der Waals surface area contributed by atoms with Crippen LogP contribution < -0.4 is 0 Å². The summed E-state index contributed by atoms with van der Waals surface area (Å²) in [5.74, 6) is 0.192. The molecule has 212 valence electrons. The van der Waals surface area contributed by atoms with Crippen molar-refractivity contribution in [2.75, 3.05) is 13.2 Å². The van der Waals surface area contributed by atoms with E-state index < -0.39 is 0 Å². The molecule has 41 heavy (non-hydrogen) atoms. The average Bonchev–Trinajstić information content (AvgIpc) is 3.00. The van der Waals surface area contributed by atoms with Gasteiger partial charge in [0.2, 0.25) is 0 Å². The average molecular weight is 593 g/mol. The molecule has 7 heteroatoms. The summed E-state index contributed by atoms with van der Waals surface area (Å²) in [6, 6.07) is 36.4. The fraction of sp³-hybridized carbons (Fsp3) is 0.118. The number of ketones is 4. The van der Waals surface area contributed by atoms with Gasteiger partial charge in [0, 0.05) is 48.4 Å². The summed E-state index contributed by atoms with van der Waals surface area (Å²) in [4.78, 5) is 39.3. The van der Waals surface area contributed by atoms with Crippen LogP contribution in [0.25, 0.3) is 0 Å². The Balaban J connectivity index is 0.000000642. The van der Waals surface area contributed by atoms with E-state index >= 15 is 0 Å². The van der Waals surface area contributed by atoms with E-state index in [2.05, 4.69) is 0 Å². The molecule has 4 aromatic carbocycles. The normalized spacial score (nSPS) is 8.88. The molecule has 0 saturated carbocycles. The summed E-state index contributed by atoms with van der Waals surface area (Å²) >= 11 is 0. The zero-order valence-electron chi connectivity index (χ0n) is 23.4. The van der Waals surface area contributed by atoms with Gasteiger partial charge in [0.1, 0.15) is 13.2 Å². The number of benzene rings is 4. The molecule has 0 unspecified atom stereocenters. The van der Waals surface area contributed by atoms with Crippen LogP contribution in [0.15, 0.2) is 121 Å². The second-order valence-corrected chi connectivity index (χ2v) is 8.00. The topological polar surface area (TPSA) is 131 Å². The van der Waals surface area contributed by atoms with E-state index in [1.807, 2.05) is 72.8 Å². The second kappa shape index (κ2) is 22.7. The van der Waals surface area contributed by atoms with Crippen LogP contribution in [0.1, 0.15) is 36.1 Å². The molecule has 0 aliphatic heterocycles. The summed E-state index contributed by atoms with van der Waals surface area (Å²) in [6.07, 6.45) is 2.70. The maximum absolute atomic E-state index is 9.83. The Morgan fingerprint density at radius 3 is 0.732 bits per heavy atom. The third-order valence-corrected chi connectivity index (χ3v) is 4.83. The zero-order valence-corrected chi connectivity index (χ0v) is 25.0. The van der Waals surface area contributed by atoms with Crippen molar-refractivity contribution in [3.8, 4) is 0 Å². The van der Waals surface area contributed by atoms with Gasteiger partial charge in [0.15, 0.2) is 0 Å². The second-order valence-electron chi connectivity index (χ2n) is 8.00. The van der Waals surface area contributed by atoms with Gasteiger partial charge in [-0.05, 0) is 22.3 Å². The van der Waals surface area contributed by atoms with Crippen molar-refractivity contribution < 1.29 is 51.1 Å².